The normalized spacial score (nSPS) is 4.00. The molecule has 0 aromatic heterocycles. The Balaban J connectivity index is -0.0000000800. The average molecular weight is 126 g/mol. The second kappa shape index (κ2) is 15.9. The van der Waals surface area contributed by atoms with Gasteiger partial charge in [0.2, 0.25) is 0 Å². The van der Waals surface area contributed by atoms with Crippen molar-refractivity contribution in [2.75, 3.05) is 0 Å². The van der Waals surface area contributed by atoms with Crippen LogP contribution in [0, 0.1) is 9.81 Å². The third kappa shape index (κ3) is 20.1. The molecule has 7 heteroatoms. The molecule has 0 aromatic carbocycles. The molecule has 0 bridgehead atoms. The van der Waals surface area contributed by atoms with Crippen LogP contribution in [0.3, 0.4) is 0 Å². The van der Waals surface area contributed by atoms with Crippen LogP contribution >= 0.6 is 0 Å². The molecule has 0 heterocycles. The number of hydrogen-bond donors (Lipinski definition) is 0. The van der Waals surface area contributed by atoms with Crippen molar-refractivity contribution >= 4 is 52.6 Å². The van der Waals surface area contributed by atoms with Crippen molar-refractivity contribution in [1.29, 1.82) is 0 Å². The van der Waals surface area contributed by atoms with Crippen molar-refractivity contribution < 1.29 is 4.94 Å². The molecule has 0 saturated carbocycles. The number of nitrogens with zero attached hydrogens (tertiary/aromatic N) is 2. The Hall–Kier alpha value is 0.766. The van der Waals surface area contributed by atoms with Crippen LogP contribution in [-0.4, -0.2) is 52.6 Å². The molecular weight excluding hydrogens is 123 g/mol. The molecule has 0 aliphatic heterocycles. The third-order valence-electron chi connectivity index (χ3n) is 0.0667. The first kappa shape index (κ1) is 15.7. The predicted molar refractivity (Wildman–Crippen MR) is 28.4 cm³/mol. The molecule has 0 amide bonds. The van der Waals surface area contributed by atoms with Gasteiger partial charge in [-0.2, -0.15) is 4.94 Å². The summed E-state index contributed by atoms with van der Waals surface area (Å²) in [6, 6.07) is 0. The van der Waals surface area contributed by atoms with Gasteiger partial charge in [0.05, 0.1) is 0 Å². The quantitative estimate of drug-likeness (QED) is 0.265. The second-order valence-electron chi connectivity index (χ2n) is 0.231. The zero-order valence-corrected chi connectivity index (χ0v) is 2.12. The maximum absolute atomic E-state index is 8.64. The topological polar surface area (TPSA) is 68.1 Å². The van der Waals surface area contributed by atoms with Gasteiger partial charge in [-0.05, 0) is 0 Å². The van der Waals surface area contributed by atoms with E-state index in [2.05, 4.69) is 4.94 Å². The van der Waals surface area contributed by atoms with Gasteiger partial charge in [0, 0.05) is 0 Å². The van der Waals surface area contributed by atoms with Crippen LogP contribution in [0.1, 0.15) is 0 Å². The van der Waals surface area contributed by atoms with Gasteiger partial charge in [-0.1, -0.05) is 0 Å². The van der Waals surface area contributed by atoms with Gasteiger partial charge < -0.3 is 0 Å². The van der Waals surface area contributed by atoms with Crippen molar-refractivity contribution in [2.24, 2.45) is 10.7 Å². The molecule has 0 atom stereocenters. The summed E-state index contributed by atoms with van der Waals surface area (Å²) >= 11 is 0. The zero-order valence-electron chi connectivity index (χ0n) is 2.12. The van der Waals surface area contributed by atoms with Crippen molar-refractivity contribution in [3.05, 3.63) is 9.81 Å². The van der Waals surface area contributed by atoms with Gasteiger partial charge >= 0.3 is 52.6 Å². The van der Waals surface area contributed by atoms with Crippen LogP contribution in [0.5, 0.6) is 0 Å². The SMILES string of the molecule is O=NON=O.[MgH2].[NaH]. The summed E-state index contributed by atoms with van der Waals surface area (Å²) < 4.78 is 0. The standard InChI is InChI=1S/Mg.N2O3.Na.3H/c;3-1-5-2-4;;;;. The first-order valence-electron chi connectivity index (χ1n) is 0.730. The molecule has 0 aliphatic rings. The van der Waals surface area contributed by atoms with Crippen LogP contribution in [0.25, 0.3) is 0 Å². The van der Waals surface area contributed by atoms with Crippen LogP contribution < -0.4 is 0 Å². The Morgan fingerprint density at radius 3 is 1.43 bits per heavy atom. The van der Waals surface area contributed by atoms with Crippen molar-refractivity contribution in [3.63, 3.8) is 0 Å². The fourth-order valence-electron chi connectivity index (χ4n) is 0.0136. The van der Waals surface area contributed by atoms with E-state index in [1.54, 1.807) is 10.7 Å². The van der Waals surface area contributed by atoms with Crippen molar-refractivity contribution in [1.82, 2.24) is 0 Å². The molecule has 0 unspecified atom stereocenters. The Bertz CT molecular complexity index is 42.2. The molecule has 0 aliphatic carbocycles. The van der Waals surface area contributed by atoms with Crippen LogP contribution in [0.2, 0.25) is 0 Å². The molecule has 0 aromatic rings. The van der Waals surface area contributed by atoms with Crippen LogP contribution in [-0.2, 0) is 4.94 Å². The predicted octanol–water partition coefficient (Wildman–Crippen LogP) is -1.20. The molecule has 0 spiro atoms. The Morgan fingerprint density at radius 2 is 1.43 bits per heavy atom. The average Bonchev–Trinajstić information content (AvgIpc) is 1.41. The molecule has 7 heavy (non-hydrogen) atoms. The van der Waals surface area contributed by atoms with E-state index in [0.717, 1.165) is 0 Å². The van der Waals surface area contributed by atoms with Crippen molar-refractivity contribution in [3.8, 4) is 0 Å². The maximum atomic E-state index is 8.64. The molecule has 0 saturated heterocycles. The third-order valence-corrected chi connectivity index (χ3v) is 0.0667. The van der Waals surface area contributed by atoms with Gasteiger partial charge in [-0.25, -0.2) is 0 Å². The van der Waals surface area contributed by atoms with E-state index < -0.39 is 0 Å². The van der Waals surface area contributed by atoms with E-state index in [1.165, 1.54) is 0 Å². The van der Waals surface area contributed by atoms with Gasteiger partial charge in [0.25, 0.3) is 0 Å². The summed E-state index contributed by atoms with van der Waals surface area (Å²) in [5.74, 6) is 0. The number of rotatable bonds is 2. The summed E-state index contributed by atoms with van der Waals surface area (Å²) in [7, 11) is 0. The fourth-order valence-corrected chi connectivity index (χ4v) is 0.0136. The molecule has 0 rings (SSSR count). The monoisotopic (exact) mass is 126 g/mol. The summed E-state index contributed by atoms with van der Waals surface area (Å²) in [5.41, 5.74) is 0. The molecule has 0 N–H and O–H groups in total. The summed E-state index contributed by atoms with van der Waals surface area (Å²) in [6.07, 6.45) is 0. The molecule has 34 valence electrons. The van der Waals surface area contributed by atoms with E-state index in [0.29, 0.717) is 0 Å². The van der Waals surface area contributed by atoms with Gasteiger partial charge in [0.15, 0.2) is 10.7 Å². The Morgan fingerprint density at radius 1 is 1.14 bits per heavy atom. The van der Waals surface area contributed by atoms with E-state index >= 15 is 0 Å². The Labute approximate surface area is 77.5 Å². The van der Waals surface area contributed by atoms with E-state index in [4.69, 9.17) is 9.81 Å². The van der Waals surface area contributed by atoms with E-state index in [9.17, 15) is 0 Å². The minimum absolute atomic E-state index is 0. The molecule has 0 fully saturated rings. The second-order valence-corrected chi connectivity index (χ2v) is 0.231. The molecule has 0 radical (unpaired) electrons. The van der Waals surface area contributed by atoms with Gasteiger partial charge in [0.1, 0.15) is 0 Å². The van der Waals surface area contributed by atoms with Crippen LogP contribution in [0.15, 0.2) is 10.7 Å². The zero-order chi connectivity index (χ0) is 4.12. The molecule has 5 nitrogen and oxygen atoms in total. The summed E-state index contributed by atoms with van der Waals surface area (Å²) in [6.45, 7) is 0. The van der Waals surface area contributed by atoms with Crippen LogP contribution in [0.4, 0.5) is 0 Å². The van der Waals surface area contributed by atoms with E-state index in [1.807, 2.05) is 0 Å². The Kier molecular flexibility index (Phi) is 35.5. The summed E-state index contributed by atoms with van der Waals surface area (Å²) in [4.78, 5) is 20.2. The van der Waals surface area contributed by atoms with Gasteiger partial charge in [-0.3, -0.25) is 0 Å². The van der Waals surface area contributed by atoms with Gasteiger partial charge in [-0.15, -0.1) is 9.81 Å². The van der Waals surface area contributed by atoms with E-state index in [-0.39, 0.29) is 52.6 Å². The summed E-state index contributed by atoms with van der Waals surface area (Å²) in [5, 5.41) is 3.25. The fraction of sp³-hybridized carbons (Fsp3) is 0. The molecular formula is H3MgN2NaO3. The number of hydrogen-bond acceptors (Lipinski definition) is 5. The first-order chi connectivity index (χ1) is 2.41. The minimum atomic E-state index is 0. The first-order valence-corrected chi connectivity index (χ1v) is 0.730. The van der Waals surface area contributed by atoms with Crippen molar-refractivity contribution in [2.45, 2.75) is 0 Å².